The van der Waals surface area contributed by atoms with Gasteiger partial charge in [0, 0.05) is 9.95 Å². The van der Waals surface area contributed by atoms with Gasteiger partial charge in [0.1, 0.15) is 0 Å². The molecular weight excluding hydrogens is 382 g/mol. The molecule has 0 aliphatic heterocycles. The Hall–Kier alpha value is -1.67. The Labute approximate surface area is 139 Å². The molecule has 0 radical (unpaired) electrons. The van der Waals surface area contributed by atoms with Crippen LogP contribution in [-0.4, -0.2) is 36.0 Å². The van der Waals surface area contributed by atoms with E-state index in [-0.39, 0.29) is 0 Å². The van der Waals surface area contributed by atoms with Gasteiger partial charge in [-0.05, 0) is 33.6 Å². The van der Waals surface area contributed by atoms with Crippen molar-refractivity contribution in [3.8, 4) is 0 Å². The molecule has 1 rings (SSSR count). The smallest absolute Gasteiger partial charge is 0.321 e. The Morgan fingerprint density at radius 1 is 1.18 bits per heavy atom. The second-order valence-corrected chi connectivity index (χ2v) is 5.63. The predicted octanol–water partition coefficient (Wildman–Crippen LogP) is 2.38. The summed E-state index contributed by atoms with van der Waals surface area (Å²) in [6, 6.07) is 6.03. The molecule has 0 aromatic heterocycles. The molecule has 0 aliphatic carbocycles. The number of methoxy groups -OCH3 is 2. The van der Waals surface area contributed by atoms with Crippen molar-refractivity contribution in [3.63, 3.8) is 0 Å². The zero-order valence-electron chi connectivity index (χ0n) is 11.7. The summed E-state index contributed by atoms with van der Waals surface area (Å²) >= 11 is 8.70. The molecule has 0 N–H and O–H groups in total. The number of esters is 2. The van der Waals surface area contributed by atoms with Crippen LogP contribution in [0, 0.1) is 16.0 Å². The monoisotopic (exact) mass is 393 g/mol. The van der Waals surface area contributed by atoms with Gasteiger partial charge in [-0.15, -0.1) is 0 Å². The molecule has 1 aromatic rings. The normalized spacial score (nSPS) is 13.3. The highest BCUT2D eigenvalue weighted by molar-refractivity contribution is 9.09. The lowest BCUT2D eigenvalue weighted by molar-refractivity contribution is -0.497. The molecule has 0 bridgehead atoms. The van der Waals surface area contributed by atoms with Gasteiger partial charge in [-0.3, -0.25) is 19.7 Å². The lowest BCUT2D eigenvalue weighted by Crippen LogP contribution is -2.38. The average molecular weight is 395 g/mol. The number of hydrogen-bond donors (Lipinski definition) is 0. The summed E-state index contributed by atoms with van der Waals surface area (Å²) in [7, 11) is 2.18. The van der Waals surface area contributed by atoms with Gasteiger partial charge in [-0.2, -0.15) is 0 Å². The minimum atomic E-state index is -1.48. The van der Waals surface area contributed by atoms with Crippen LogP contribution in [0.3, 0.4) is 0 Å². The highest BCUT2D eigenvalue weighted by atomic mass is 79.9. The average Bonchev–Trinajstić information content (AvgIpc) is 2.51. The SMILES string of the molecule is COC(=O)C(C(=O)OC)[C@@H](c1ccc(Cl)cc1)[C@@H](Br)[N+](=O)[O-]. The van der Waals surface area contributed by atoms with Crippen LogP contribution in [0.15, 0.2) is 24.3 Å². The highest BCUT2D eigenvalue weighted by Gasteiger charge is 2.46. The zero-order chi connectivity index (χ0) is 16.9. The van der Waals surface area contributed by atoms with E-state index in [0.29, 0.717) is 10.6 Å². The fraction of sp³-hybridized carbons (Fsp3) is 0.385. The summed E-state index contributed by atoms with van der Waals surface area (Å²) in [4.78, 5) is 33.0. The van der Waals surface area contributed by atoms with Crippen molar-refractivity contribution in [3.05, 3.63) is 45.0 Å². The summed E-state index contributed by atoms with van der Waals surface area (Å²) in [6.07, 6.45) is 0. The Bertz CT molecular complexity index is 548. The maximum absolute atomic E-state index is 11.9. The molecule has 0 amide bonds. The fourth-order valence-electron chi connectivity index (χ4n) is 1.97. The van der Waals surface area contributed by atoms with Crippen LogP contribution in [-0.2, 0) is 19.1 Å². The van der Waals surface area contributed by atoms with Crippen LogP contribution in [0.25, 0.3) is 0 Å². The number of rotatable bonds is 6. The highest BCUT2D eigenvalue weighted by Crippen LogP contribution is 2.35. The third-order valence-electron chi connectivity index (χ3n) is 3.02. The van der Waals surface area contributed by atoms with E-state index in [1.54, 1.807) is 0 Å². The Morgan fingerprint density at radius 2 is 1.64 bits per heavy atom. The first kappa shape index (κ1) is 18.4. The molecule has 0 heterocycles. The standard InChI is InChI=1S/C13H13BrClNO6/c1-21-12(17)10(13(18)22-2)9(11(14)16(19)20)7-3-5-8(15)6-4-7/h3-6,9-11H,1-2H3/t9-,11+/m1/s1. The number of ether oxygens (including phenoxy) is 2. The number of hydrogen-bond acceptors (Lipinski definition) is 6. The molecule has 0 saturated carbocycles. The largest absolute Gasteiger partial charge is 0.468 e. The van der Waals surface area contributed by atoms with E-state index in [1.807, 2.05) is 0 Å². The van der Waals surface area contributed by atoms with Gasteiger partial charge in [-0.1, -0.05) is 23.7 Å². The van der Waals surface area contributed by atoms with Crippen LogP contribution in [0.4, 0.5) is 0 Å². The molecule has 22 heavy (non-hydrogen) atoms. The van der Waals surface area contributed by atoms with Crippen LogP contribution in [0.2, 0.25) is 5.02 Å². The van der Waals surface area contributed by atoms with Gasteiger partial charge in [0.05, 0.1) is 20.1 Å². The van der Waals surface area contributed by atoms with Gasteiger partial charge in [0.25, 0.3) is 4.95 Å². The van der Waals surface area contributed by atoms with Crippen molar-refractivity contribution < 1.29 is 24.0 Å². The molecule has 0 fully saturated rings. The number of benzene rings is 1. The number of halogens is 2. The van der Waals surface area contributed by atoms with Crippen molar-refractivity contribution >= 4 is 39.5 Å². The van der Waals surface area contributed by atoms with E-state index in [0.717, 1.165) is 14.2 Å². The van der Waals surface area contributed by atoms with Gasteiger partial charge in [-0.25, -0.2) is 0 Å². The zero-order valence-corrected chi connectivity index (χ0v) is 14.0. The number of carbonyl (C=O) groups is 2. The van der Waals surface area contributed by atoms with Crippen molar-refractivity contribution in [1.29, 1.82) is 0 Å². The number of nitro groups is 1. The molecular formula is C13H13BrClNO6. The Balaban J connectivity index is 3.39. The van der Waals surface area contributed by atoms with Crippen molar-refractivity contribution in [1.82, 2.24) is 0 Å². The van der Waals surface area contributed by atoms with Crippen molar-refractivity contribution in [2.45, 2.75) is 10.9 Å². The predicted molar refractivity (Wildman–Crippen MR) is 81.4 cm³/mol. The quantitative estimate of drug-likeness (QED) is 0.184. The van der Waals surface area contributed by atoms with Crippen LogP contribution >= 0.6 is 27.5 Å². The molecule has 0 saturated heterocycles. The first-order chi connectivity index (χ1) is 10.3. The topological polar surface area (TPSA) is 95.7 Å². The van der Waals surface area contributed by atoms with Crippen molar-refractivity contribution in [2.75, 3.05) is 14.2 Å². The van der Waals surface area contributed by atoms with Crippen LogP contribution in [0.5, 0.6) is 0 Å². The fourth-order valence-corrected chi connectivity index (χ4v) is 2.71. The van der Waals surface area contributed by atoms with Gasteiger partial charge >= 0.3 is 11.9 Å². The molecule has 7 nitrogen and oxygen atoms in total. The third kappa shape index (κ3) is 4.17. The maximum Gasteiger partial charge on any atom is 0.321 e. The molecule has 0 unspecified atom stereocenters. The van der Waals surface area contributed by atoms with Gasteiger partial charge < -0.3 is 9.47 Å². The molecule has 0 aliphatic rings. The van der Waals surface area contributed by atoms with E-state index in [1.165, 1.54) is 24.3 Å². The summed E-state index contributed by atoms with van der Waals surface area (Å²) in [6.45, 7) is 0. The molecule has 1 aromatic carbocycles. The van der Waals surface area contributed by atoms with E-state index in [9.17, 15) is 19.7 Å². The van der Waals surface area contributed by atoms with Crippen LogP contribution < -0.4 is 0 Å². The van der Waals surface area contributed by atoms with E-state index in [4.69, 9.17) is 11.6 Å². The minimum absolute atomic E-state index is 0.378. The third-order valence-corrected chi connectivity index (χ3v) is 4.18. The lowest BCUT2D eigenvalue weighted by Gasteiger charge is -2.23. The maximum atomic E-state index is 11.9. The van der Waals surface area contributed by atoms with Gasteiger partial charge in [0.15, 0.2) is 5.92 Å². The second-order valence-electron chi connectivity index (χ2n) is 4.26. The first-order valence-electron chi connectivity index (χ1n) is 6.02. The van der Waals surface area contributed by atoms with Crippen molar-refractivity contribution in [2.24, 2.45) is 5.92 Å². The summed E-state index contributed by atoms with van der Waals surface area (Å²) in [5.74, 6) is -4.44. The van der Waals surface area contributed by atoms with E-state index >= 15 is 0 Å². The summed E-state index contributed by atoms with van der Waals surface area (Å²) < 4.78 is 9.16. The molecule has 0 spiro atoms. The van der Waals surface area contributed by atoms with E-state index < -0.39 is 33.6 Å². The molecule has 9 heteroatoms. The Morgan fingerprint density at radius 3 is 2.00 bits per heavy atom. The number of carbonyl (C=O) groups excluding carboxylic acids is 2. The first-order valence-corrected chi connectivity index (χ1v) is 7.31. The van der Waals surface area contributed by atoms with Gasteiger partial charge in [0.2, 0.25) is 0 Å². The summed E-state index contributed by atoms with van der Waals surface area (Å²) in [5, 5.41) is 11.6. The summed E-state index contributed by atoms with van der Waals surface area (Å²) in [5.41, 5.74) is 0.378. The molecule has 120 valence electrons. The number of nitrogens with zero attached hydrogens (tertiary/aromatic N) is 1. The Kier molecular flexibility index (Phi) is 6.76. The van der Waals surface area contributed by atoms with Crippen LogP contribution in [0.1, 0.15) is 11.5 Å². The van der Waals surface area contributed by atoms with E-state index in [2.05, 4.69) is 25.4 Å². The molecule has 2 atom stereocenters. The lowest BCUT2D eigenvalue weighted by atomic mass is 9.85. The minimum Gasteiger partial charge on any atom is -0.468 e. The second kappa shape index (κ2) is 8.09. The number of alkyl halides is 1.